The first-order valence-corrected chi connectivity index (χ1v) is 6.35. The van der Waals surface area contributed by atoms with E-state index in [-0.39, 0.29) is 0 Å². The predicted octanol–water partition coefficient (Wildman–Crippen LogP) is 0.238. The zero-order chi connectivity index (χ0) is 13.1. The lowest BCUT2D eigenvalue weighted by atomic mass is 10.3. The van der Waals surface area contributed by atoms with Gasteiger partial charge in [-0.15, -0.1) is 0 Å². The van der Waals surface area contributed by atoms with Gasteiger partial charge in [0.25, 0.3) is 0 Å². The molecule has 1 atom stereocenters. The molecule has 0 bridgehead atoms. The molecule has 7 heteroatoms. The summed E-state index contributed by atoms with van der Waals surface area (Å²) in [4.78, 5) is 10.7. The monoisotopic (exact) mass is 260 g/mol. The minimum atomic E-state index is -4.03. The lowest BCUT2D eigenvalue weighted by molar-refractivity contribution is -0.121. The first-order valence-electron chi connectivity index (χ1n) is 4.87. The van der Waals surface area contributed by atoms with Crippen LogP contribution in [-0.2, 0) is 14.8 Å². The number of halogens is 1. The Morgan fingerprint density at radius 3 is 2.47 bits per heavy atom. The van der Waals surface area contributed by atoms with Crippen molar-refractivity contribution in [2.45, 2.75) is 17.9 Å². The van der Waals surface area contributed by atoms with Crippen LogP contribution in [0.15, 0.2) is 29.2 Å². The van der Waals surface area contributed by atoms with Crippen LogP contribution in [0.3, 0.4) is 0 Å². The third-order valence-electron chi connectivity index (χ3n) is 2.10. The summed E-state index contributed by atoms with van der Waals surface area (Å²) >= 11 is 0. The van der Waals surface area contributed by atoms with Gasteiger partial charge in [-0.05, 0) is 19.1 Å². The fourth-order valence-corrected chi connectivity index (χ4v) is 2.51. The van der Waals surface area contributed by atoms with Gasteiger partial charge in [-0.25, -0.2) is 12.8 Å². The maximum Gasteiger partial charge on any atom is 0.244 e. The number of likely N-dealkylation sites (N-methyl/N-ethyl adjacent to an activating group) is 1. The lowest BCUT2D eigenvalue weighted by Crippen LogP contribution is -2.43. The summed E-state index contributed by atoms with van der Waals surface area (Å²) in [6.45, 7) is 1.37. The van der Waals surface area contributed by atoms with E-state index < -0.39 is 32.7 Å². The molecule has 5 nitrogen and oxygen atoms in total. The van der Waals surface area contributed by atoms with Crippen LogP contribution in [0, 0.1) is 5.82 Å². The van der Waals surface area contributed by atoms with Crippen molar-refractivity contribution in [1.29, 1.82) is 0 Å². The molecule has 1 aromatic rings. The van der Waals surface area contributed by atoms with Gasteiger partial charge in [0, 0.05) is 7.05 Å². The molecule has 1 aromatic carbocycles. The second-order valence-electron chi connectivity index (χ2n) is 3.39. The molecule has 17 heavy (non-hydrogen) atoms. The van der Waals surface area contributed by atoms with Crippen molar-refractivity contribution in [3.8, 4) is 0 Å². The molecular formula is C10H13FN2O3S. The average molecular weight is 260 g/mol. The molecule has 0 aliphatic rings. The minimum absolute atomic E-state index is 0.476. The van der Waals surface area contributed by atoms with Gasteiger partial charge in [0.05, 0.1) is 6.04 Å². The third kappa shape index (κ3) is 3.24. The van der Waals surface area contributed by atoms with E-state index in [1.165, 1.54) is 26.1 Å². The molecule has 0 aliphatic carbocycles. The van der Waals surface area contributed by atoms with Crippen LogP contribution in [-0.4, -0.2) is 27.4 Å². The molecule has 0 heterocycles. The number of nitrogens with one attached hydrogen (secondary N) is 2. The molecule has 0 saturated carbocycles. The van der Waals surface area contributed by atoms with Gasteiger partial charge < -0.3 is 5.32 Å². The molecule has 1 rings (SSSR count). The molecule has 1 unspecified atom stereocenters. The number of rotatable bonds is 4. The van der Waals surface area contributed by atoms with Gasteiger partial charge in [-0.1, -0.05) is 12.1 Å². The highest BCUT2D eigenvalue weighted by Crippen LogP contribution is 2.13. The van der Waals surface area contributed by atoms with Gasteiger partial charge in [-0.2, -0.15) is 4.72 Å². The number of hydrogen-bond donors (Lipinski definition) is 2. The third-order valence-corrected chi connectivity index (χ3v) is 3.67. The first-order chi connectivity index (χ1) is 7.88. The summed E-state index contributed by atoms with van der Waals surface area (Å²) in [5.41, 5.74) is 0. The van der Waals surface area contributed by atoms with E-state index in [2.05, 4.69) is 10.0 Å². The number of carbonyl (C=O) groups is 1. The molecule has 0 radical (unpaired) electrons. The first kappa shape index (κ1) is 13.6. The largest absolute Gasteiger partial charge is 0.358 e. The van der Waals surface area contributed by atoms with Crippen LogP contribution >= 0.6 is 0 Å². The Balaban J connectivity index is 2.98. The Labute approximate surface area is 99.1 Å². The van der Waals surface area contributed by atoms with Crippen molar-refractivity contribution in [2.24, 2.45) is 0 Å². The van der Waals surface area contributed by atoms with Crippen molar-refractivity contribution in [3.05, 3.63) is 30.1 Å². The van der Waals surface area contributed by atoms with Crippen LogP contribution in [0.1, 0.15) is 6.92 Å². The maximum absolute atomic E-state index is 13.3. The molecule has 1 amide bonds. The van der Waals surface area contributed by atoms with E-state index >= 15 is 0 Å². The Morgan fingerprint density at radius 1 is 1.35 bits per heavy atom. The maximum atomic E-state index is 13.3. The number of hydrogen-bond acceptors (Lipinski definition) is 3. The minimum Gasteiger partial charge on any atom is -0.358 e. The zero-order valence-corrected chi connectivity index (χ0v) is 10.2. The van der Waals surface area contributed by atoms with Crippen LogP contribution < -0.4 is 10.0 Å². The van der Waals surface area contributed by atoms with Crippen LogP contribution in [0.5, 0.6) is 0 Å². The highest BCUT2D eigenvalue weighted by molar-refractivity contribution is 7.89. The molecule has 0 aliphatic heterocycles. The zero-order valence-electron chi connectivity index (χ0n) is 9.40. The molecule has 0 spiro atoms. The van der Waals surface area contributed by atoms with E-state index in [0.717, 1.165) is 12.1 Å². The number of carbonyl (C=O) groups excluding carboxylic acids is 1. The molecule has 94 valence electrons. The SMILES string of the molecule is CNC(=O)C(C)NS(=O)(=O)c1ccccc1F. The summed E-state index contributed by atoms with van der Waals surface area (Å²) in [6, 6.07) is 4.00. The van der Waals surface area contributed by atoms with Crippen molar-refractivity contribution in [2.75, 3.05) is 7.05 Å². The molecule has 0 aromatic heterocycles. The van der Waals surface area contributed by atoms with Gasteiger partial charge >= 0.3 is 0 Å². The number of benzene rings is 1. The van der Waals surface area contributed by atoms with E-state index in [4.69, 9.17) is 0 Å². The summed E-state index contributed by atoms with van der Waals surface area (Å²) in [7, 11) is -2.65. The molecule has 2 N–H and O–H groups in total. The molecule has 0 saturated heterocycles. The lowest BCUT2D eigenvalue weighted by Gasteiger charge is -2.13. The van der Waals surface area contributed by atoms with E-state index in [0.29, 0.717) is 0 Å². The fourth-order valence-electron chi connectivity index (χ4n) is 1.23. The van der Waals surface area contributed by atoms with Gasteiger partial charge in [-0.3, -0.25) is 4.79 Å². The van der Waals surface area contributed by atoms with E-state index in [1.54, 1.807) is 0 Å². The predicted molar refractivity (Wildman–Crippen MR) is 60.3 cm³/mol. The Kier molecular flexibility index (Phi) is 4.19. The quantitative estimate of drug-likeness (QED) is 0.814. The second-order valence-corrected chi connectivity index (χ2v) is 5.07. The number of sulfonamides is 1. The van der Waals surface area contributed by atoms with Gasteiger partial charge in [0.1, 0.15) is 10.7 Å². The van der Waals surface area contributed by atoms with Gasteiger partial charge in [0.2, 0.25) is 15.9 Å². The van der Waals surface area contributed by atoms with Crippen LogP contribution in [0.4, 0.5) is 4.39 Å². The Bertz CT molecular complexity index is 516. The second kappa shape index (κ2) is 5.24. The van der Waals surface area contributed by atoms with Crippen LogP contribution in [0.2, 0.25) is 0 Å². The fraction of sp³-hybridized carbons (Fsp3) is 0.300. The normalized spacial score (nSPS) is 13.1. The topological polar surface area (TPSA) is 75.3 Å². The van der Waals surface area contributed by atoms with Crippen molar-refractivity contribution in [1.82, 2.24) is 10.0 Å². The van der Waals surface area contributed by atoms with Crippen LogP contribution in [0.25, 0.3) is 0 Å². The number of amides is 1. The van der Waals surface area contributed by atoms with E-state index in [1.807, 2.05) is 0 Å². The summed E-state index contributed by atoms with van der Waals surface area (Å²) in [5, 5.41) is 2.29. The van der Waals surface area contributed by atoms with Gasteiger partial charge in [0.15, 0.2) is 0 Å². The summed E-state index contributed by atoms with van der Waals surface area (Å²) in [5.74, 6) is -1.35. The standard InChI is InChI=1S/C10H13FN2O3S/c1-7(10(14)12-2)13-17(15,16)9-6-4-3-5-8(9)11/h3-7,13H,1-2H3,(H,12,14). The summed E-state index contributed by atoms with van der Waals surface area (Å²) < 4.78 is 38.9. The smallest absolute Gasteiger partial charge is 0.244 e. The highest BCUT2D eigenvalue weighted by atomic mass is 32.2. The molecule has 0 fully saturated rings. The average Bonchev–Trinajstić information content (AvgIpc) is 2.27. The van der Waals surface area contributed by atoms with E-state index in [9.17, 15) is 17.6 Å². The Hall–Kier alpha value is -1.47. The Morgan fingerprint density at radius 2 is 1.94 bits per heavy atom. The van der Waals surface area contributed by atoms with Crippen molar-refractivity contribution >= 4 is 15.9 Å². The van der Waals surface area contributed by atoms with Crippen molar-refractivity contribution < 1.29 is 17.6 Å². The highest BCUT2D eigenvalue weighted by Gasteiger charge is 2.23. The van der Waals surface area contributed by atoms with Crippen molar-refractivity contribution in [3.63, 3.8) is 0 Å². The molecular weight excluding hydrogens is 247 g/mol. The summed E-state index contributed by atoms with van der Waals surface area (Å²) in [6.07, 6.45) is 0.